The monoisotopic (exact) mass is 468 g/mol. The Morgan fingerprint density at radius 2 is 2.00 bits per heavy atom. The van der Waals surface area contributed by atoms with E-state index in [9.17, 15) is 9.59 Å². The maximum atomic E-state index is 13.5. The van der Waals surface area contributed by atoms with Crippen molar-refractivity contribution < 1.29 is 14.3 Å². The third-order valence-electron chi connectivity index (χ3n) is 5.02. The Bertz CT molecular complexity index is 1330. The van der Waals surface area contributed by atoms with Gasteiger partial charge in [-0.2, -0.15) is 0 Å². The molecule has 0 amide bonds. The van der Waals surface area contributed by atoms with Crippen LogP contribution in [0.25, 0.3) is 6.08 Å². The molecule has 0 N–H and O–H groups in total. The van der Waals surface area contributed by atoms with Crippen LogP contribution in [0.4, 0.5) is 0 Å². The van der Waals surface area contributed by atoms with Gasteiger partial charge in [0.1, 0.15) is 11.8 Å². The fourth-order valence-electron chi connectivity index (χ4n) is 3.47. The van der Waals surface area contributed by atoms with Gasteiger partial charge in [0.25, 0.3) is 5.56 Å². The third kappa shape index (κ3) is 4.33. The van der Waals surface area contributed by atoms with Gasteiger partial charge in [-0.1, -0.05) is 43.4 Å². The Morgan fingerprint density at radius 1 is 1.25 bits per heavy atom. The molecule has 0 saturated carbocycles. The first-order valence-electron chi connectivity index (χ1n) is 10.3. The predicted octanol–water partition coefficient (Wildman–Crippen LogP) is 3.50. The van der Waals surface area contributed by atoms with E-state index in [0.29, 0.717) is 27.2 Å². The van der Waals surface area contributed by atoms with Crippen LogP contribution in [0.3, 0.4) is 0 Å². The van der Waals surface area contributed by atoms with Crippen LogP contribution in [0.15, 0.2) is 62.8 Å². The highest BCUT2D eigenvalue weighted by Gasteiger charge is 2.34. The van der Waals surface area contributed by atoms with E-state index >= 15 is 0 Å². The third-order valence-corrected chi connectivity index (χ3v) is 6.92. The molecule has 6 nitrogen and oxygen atoms in total. The van der Waals surface area contributed by atoms with Crippen molar-refractivity contribution in [1.29, 1.82) is 0 Å². The van der Waals surface area contributed by atoms with Gasteiger partial charge < -0.3 is 9.47 Å². The minimum Gasteiger partial charge on any atom is -0.497 e. The summed E-state index contributed by atoms with van der Waals surface area (Å²) in [6.45, 7) is 6.08. The van der Waals surface area contributed by atoms with E-state index in [0.717, 1.165) is 16.2 Å². The molecule has 3 heterocycles. The molecule has 2 aromatic heterocycles. The minimum atomic E-state index is -0.552. The second-order valence-electron chi connectivity index (χ2n) is 7.86. The van der Waals surface area contributed by atoms with Gasteiger partial charge in [-0.05, 0) is 48.1 Å². The van der Waals surface area contributed by atoms with Gasteiger partial charge >= 0.3 is 5.97 Å². The van der Waals surface area contributed by atoms with E-state index in [2.05, 4.69) is 4.99 Å². The maximum absolute atomic E-state index is 13.5. The number of methoxy groups -OCH3 is 1. The second-order valence-corrected chi connectivity index (χ2v) is 9.85. The quantitative estimate of drug-likeness (QED) is 0.519. The standard InChI is InChI=1S/C24H24N2O4S2/c1-14(2)13-30-23(28)20-15(3)25-24-26(21(20)18-6-5-11-31-18)22(27)19(32-24)12-16-7-9-17(29-4)10-8-16/h5-12,14,21H,13H2,1-4H3/b19-12+. The molecule has 0 spiro atoms. The summed E-state index contributed by atoms with van der Waals surface area (Å²) in [4.78, 5) is 32.6. The molecule has 0 radical (unpaired) electrons. The smallest absolute Gasteiger partial charge is 0.338 e. The highest BCUT2D eigenvalue weighted by Crippen LogP contribution is 2.33. The lowest BCUT2D eigenvalue weighted by molar-refractivity contribution is -0.140. The van der Waals surface area contributed by atoms with Crippen molar-refractivity contribution in [2.45, 2.75) is 26.8 Å². The van der Waals surface area contributed by atoms with Gasteiger partial charge in [0, 0.05) is 4.88 Å². The average molecular weight is 469 g/mol. The summed E-state index contributed by atoms with van der Waals surface area (Å²) >= 11 is 2.82. The Labute approximate surface area is 193 Å². The number of hydrogen-bond acceptors (Lipinski definition) is 7. The van der Waals surface area contributed by atoms with Crippen LogP contribution in [0.5, 0.6) is 5.75 Å². The lowest BCUT2D eigenvalue weighted by atomic mass is 10.0. The zero-order chi connectivity index (χ0) is 22.8. The summed E-state index contributed by atoms with van der Waals surface area (Å²) in [7, 11) is 1.61. The molecule has 0 aliphatic carbocycles. The number of benzene rings is 1. The second kappa shape index (κ2) is 9.26. The maximum Gasteiger partial charge on any atom is 0.338 e. The summed E-state index contributed by atoms with van der Waals surface area (Å²) in [5.74, 6) is 0.537. The van der Waals surface area contributed by atoms with Gasteiger partial charge in [0.2, 0.25) is 0 Å². The van der Waals surface area contributed by atoms with Crippen molar-refractivity contribution in [2.24, 2.45) is 10.9 Å². The average Bonchev–Trinajstić information content (AvgIpc) is 3.40. The van der Waals surface area contributed by atoms with Crippen LogP contribution < -0.4 is 19.6 Å². The molecular weight excluding hydrogens is 444 g/mol. The molecule has 3 aromatic rings. The Balaban J connectivity index is 1.84. The number of fused-ring (bicyclic) bond motifs is 1. The minimum absolute atomic E-state index is 0.176. The lowest BCUT2D eigenvalue weighted by Crippen LogP contribution is -2.39. The van der Waals surface area contributed by atoms with Crippen LogP contribution in [0.2, 0.25) is 0 Å². The van der Waals surface area contributed by atoms with Gasteiger partial charge in [0.05, 0.1) is 29.5 Å². The molecule has 32 heavy (non-hydrogen) atoms. The van der Waals surface area contributed by atoms with E-state index in [1.807, 2.05) is 61.7 Å². The van der Waals surface area contributed by atoms with Crippen molar-refractivity contribution in [3.63, 3.8) is 0 Å². The zero-order valence-corrected chi connectivity index (χ0v) is 20.0. The number of rotatable bonds is 6. The van der Waals surface area contributed by atoms with Gasteiger partial charge in [-0.25, -0.2) is 9.79 Å². The molecule has 166 valence electrons. The van der Waals surface area contributed by atoms with E-state index in [1.54, 1.807) is 18.6 Å². The van der Waals surface area contributed by atoms with Crippen LogP contribution in [0.1, 0.15) is 37.3 Å². The molecular formula is C24H24N2O4S2. The van der Waals surface area contributed by atoms with Crippen molar-refractivity contribution in [3.8, 4) is 5.75 Å². The first-order valence-corrected chi connectivity index (χ1v) is 12.0. The zero-order valence-electron chi connectivity index (χ0n) is 18.3. The van der Waals surface area contributed by atoms with Crippen molar-refractivity contribution >= 4 is 34.7 Å². The van der Waals surface area contributed by atoms with Gasteiger partial charge in [-0.15, -0.1) is 11.3 Å². The van der Waals surface area contributed by atoms with E-state index < -0.39 is 12.0 Å². The number of hydrogen-bond donors (Lipinski definition) is 0. The van der Waals surface area contributed by atoms with E-state index in [-0.39, 0.29) is 11.5 Å². The number of thiazole rings is 1. The van der Waals surface area contributed by atoms with Crippen molar-refractivity contribution in [1.82, 2.24) is 4.57 Å². The predicted molar refractivity (Wildman–Crippen MR) is 127 cm³/mol. The van der Waals surface area contributed by atoms with Crippen LogP contribution in [-0.4, -0.2) is 24.3 Å². The number of allylic oxidation sites excluding steroid dienone is 1. The van der Waals surface area contributed by atoms with Crippen molar-refractivity contribution in [2.75, 3.05) is 13.7 Å². The first kappa shape index (κ1) is 22.2. The number of carbonyl (C=O) groups excluding carboxylic acids is 1. The van der Waals surface area contributed by atoms with Crippen LogP contribution in [-0.2, 0) is 9.53 Å². The molecule has 0 fully saturated rings. The molecule has 1 aliphatic rings. The van der Waals surface area contributed by atoms with E-state index in [1.165, 1.54) is 22.7 Å². The molecule has 8 heteroatoms. The Morgan fingerprint density at radius 3 is 2.62 bits per heavy atom. The molecule has 1 atom stereocenters. The number of thiophene rings is 1. The number of aromatic nitrogens is 1. The largest absolute Gasteiger partial charge is 0.497 e. The Hall–Kier alpha value is -2.97. The molecule has 4 rings (SSSR count). The number of ether oxygens (including phenoxy) is 2. The molecule has 1 unspecified atom stereocenters. The van der Waals surface area contributed by atoms with Crippen LogP contribution >= 0.6 is 22.7 Å². The number of esters is 1. The normalized spacial score (nSPS) is 16.2. The lowest BCUT2D eigenvalue weighted by Gasteiger charge is -2.23. The fourth-order valence-corrected chi connectivity index (χ4v) is 5.34. The van der Waals surface area contributed by atoms with Gasteiger partial charge in [0.15, 0.2) is 4.80 Å². The summed E-state index contributed by atoms with van der Waals surface area (Å²) in [5, 5.41) is 1.94. The Kier molecular flexibility index (Phi) is 6.43. The van der Waals surface area contributed by atoms with Crippen molar-refractivity contribution in [3.05, 3.63) is 83.2 Å². The summed E-state index contributed by atoms with van der Waals surface area (Å²) in [6.07, 6.45) is 1.84. The number of nitrogens with zero attached hydrogens (tertiary/aromatic N) is 2. The molecule has 0 saturated heterocycles. The fraction of sp³-hybridized carbons (Fsp3) is 0.292. The SMILES string of the molecule is COc1ccc(/C=c2/sc3n(c2=O)C(c2cccs2)C(C(=O)OCC(C)C)=C(C)N=3)cc1. The highest BCUT2D eigenvalue weighted by atomic mass is 32.1. The molecule has 1 aliphatic heterocycles. The summed E-state index contributed by atoms with van der Waals surface area (Å²) in [6, 6.07) is 10.8. The molecule has 0 bridgehead atoms. The highest BCUT2D eigenvalue weighted by molar-refractivity contribution is 7.10. The topological polar surface area (TPSA) is 69.9 Å². The molecule has 1 aromatic carbocycles. The van der Waals surface area contributed by atoms with E-state index in [4.69, 9.17) is 9.47 Å². The number of carbonyl (C=O) groups is 1. The van der Waals surface area contributed by atoms with Crippen LogP contribution in [0, 0.1) is 5.92 Å². The summed E-state index contributed by atoms with van der Waals surface area (Å²) in [5.41, 5.74) is 1.70. The first-order chi connectivity index (χ1) is 15.4. The van der Waals surface area contributed by atoms with Gasteiger partial charge in [-0.3, -0.25) is 9.36 Å². The summed E-state index contributed by atoms with van der Waals surface area (Å²) < 4.78 is 12.9.